The Kier molecular flexibility index (Phi) is 5.16. The smallest absolute Gasteiger partial charge is 0.251 e. The number of anilines is 1. The molecule has 3 amide bonds. The van der Waals surface area contributed by atoms with Crippen LogP contribution in [0.15, 0.2) is 42.5 Å². The molecule has 1 aliphatic heterocycles. The van der Waals surface area contributed by atoms with E-state index in [0.717, 1.165) is 17.1 Å². The highest BCUT2D eigenvalue weighted by molar-refractivity contribution is 6.01. The first-order valence-corrected chi connectivity index (χ1v) is 8.33. The number of benzene rings is 2. The van der Waals surface area contributed by atoms with Crippen molar-refractivity contribution in [3.05, 3.63) is 65.2 Å². The van der Waals surface area contributed by atoms with Crippen LogP contribution in [0.3, 0.4) is 0 Å². The molecule has 27 heavy (non-hydrogen) atoms. The molecule has 8 heteroatoms. The standard InChI is InChI=1S/C19H17F2N3O3/c1-11(13-4-7-15(20)16(21)10-13)22-19(27)12-2-5-14(6-3-12)24-18(26)9-8-17(25)23-24/h2-7,10-11H,8-9H2,1H3,(H,22,27)(H,23,25). The number of carbonyl (C=O) groups excluding carboxylic acids is 3. The lowest BCUT2D eigenvalue weighted by Crippen LogP contribution is -2.50. The SMILES string of the molecule is CC(NC(=O)c1ccc(N2NC(=O)CCC2=O)cc1)c1ccc(F)c(F)c1. The third kappa shape index (κ3) is 4.11. The molecule has 1 fully saturated rings. The summed E-state index contributed by atoms with van der Waals surface area (Å²) < 4.78 is 26.3. The molecule has 3 rings (SSSR count). The largest absolute Gasteiger partial charge is 0.346 e. The molecule has 1 saturated heterocycles. The van der Waals surface area contributed by atoms with Crippen LogP contribution in [0.2, 0.25) is 0 Å². The summed E-state index contributed by atoms with van der Waals surface area (Å²) in [5, 5.41) is 3.85. The first kappa shape index (κ1) is 18.5. The van der Waals surface area contributed by atoms with Crippen LogP contribution in [0.1, 0.15) is 41.7 Å². The molecule has 1 heterocycles. The zero-order valence-electron chi connectivity index (χ0n) is 14.5. The van der Waals surface area contributed by atoms with Gasteiger partial charge in [-0.25, -0.2) is 13.8 Å². The van der Waals surface area contributed by atoms with Gasteiger partial charge in [-0.15, -0.1) is 0 Å². The zero-order valence-corrected chi connectivity index (χ0v) is 14.5. The van der Waals surface area contributed by atoms with Crippen LogP contribution in [0, 0.1) is 11.6 Å². The van der Waals surface area contributed by atoms with E-state index < -0.39 is 23.6 Å². The van der Waals surface area contributed by atoms with E-state index in [2.05, 4.69) is 10.7 Å². The molecule has 2 aromatic rings. The summed E-state index contributed by atoms with van der Waals surface area (Å²) in [6, 6.07) is 9.02. The summed E-state index contributed by atoms with van der Waals surface area (Å²) in [6.07, 6.45) is 0.275. The average molecular weight is 373 g/mol. The van der Waals surface area contributed by atoms with Gasteiger partial charge in [-0.05, 0) is 48.9 Å². The van der Waals surface area contributed by atoms with Gasteiger partial charge in [0.1, 0.15) is 0 Å². The number of nitrogens with one attached hydrogen (secondary N) is 2. The van der Waals surface area contributed by atoms with Gasteiger partial charge in [-0.3, -0.25) is 19.8 Å². The molecular weight excluding hydrogens is 356 g/mol. The van der Waals surface area contributed by atoms with Crippen LogP contribution in [0.5, 0.6) is 0 Å². The molecule has 6 nitrogen and oxygen atoms in total. The van der Waals surface area contributed by atoms with Crippen LogP contribution >= 0.6 is 0 Å². The summed E-state index contributed by atoms with van der Waals surface area (Å²) in [4.78, 5) is 35.7. The molecule has 2 aromatic carbocycles. The van der Waals surface area contributed by atoms with E-state index in [1.807, 2.05) is 0 Å². The van der Waals surface area contributed by atoms with Crippen molar-refractivity contribution >= 4 is 23.4 Å². The van der Waals surface area contributed by atoms with E-state index in [1.54, 1.807) is 19.1 Å². The molecule has 1 unspecified atom stereocenters. The number of halogens is 2. The third-order valence-corrected chi connectivity index (χ3v) is 4.23. The highest BCUT2D eigenvalue weighted by atomic mass is 19.2. The number of nitrogens with zero attached hydrogens (tertiary/aromatic N) is 1. The second-order valence-electron chi connectivity index (χ2n) is 6.18. The molecule has 2 N–H and O–H groups in total. The molecule has 0 aromatic heterocycles. The van der Waals surface area contributed by atoms with E-state index in [4.69, 9.17) is 0 Å². The maximum Gasteiger partial charge on any atom is 0.251 e. The van der Waals surface area contributed by atoms with Crippen molar-refractivity contribution in [3.8, 4) is 0 Å². The summed E-state index contributed by atoms with van der Waals surface area (Å²) in [5.74, 6) is -2.83. The van der Waals surface area contributed by atoms with Crippen molar-refractivity contribution in [2.75, 3.05) is 5.01 Å². The Morgan fingerprint density at radius 2 is 1.78 bits per heavy atom. The van der Waals surface area contributed by atoms with Crippen molar-refractivity contribution in [3.63, 3.8) is 0 Å². The molecule has 0 radical (unpaired) electrons. The van der Waals surface area contributed by atoms with Crippen LogP contribution in [-0.2, 0) is 9.59 Å². The van der Waals surface area contributed by atoms with Gasteiger partial charge >= 0.3 is 0 Å². The second kappa shape index (κ2) is 7.53. The summed E-state index contributed by atoms with van der Waals surface area (Å²) in [5.41, 5.74) is 3.67. The molecular formula is C19H17F2N3O3. The zero-order chi connectivity index (χ0) is 19.6. The van der Waals surface area contributed by atoms with E-state index >= 15 is 0 Å². The number of amides is 3. The Balaban J connectivity index is 1.69. The Morgan fingerprint density at radius 1 is 1.07 bits per heavy atom. The van der Waals surface area contributed by atoms with Gasteiger partial charge in [-0.1, -0.05) is 6.07 Å². The molecule has 0 bridgehead atoms. The van der Waals surface area contributed by atoms with Crippen LogP contribution in [0.25, 0.3) is 0 Å². The predicted molar refractivity (Wildman–Crippen MR) is 93.5 cm³/mol. The van der Waals surface area contributed by atoms with Crippen molar-refractivity contribution in [1.82, 2.24) is 10.7 Å². The molecule has 140 valence electrons. The fourth-order valence-electron chi connectivity index (χ4n) is 2.69. The highest BCUT2D eigenvalue weighted by Crippen LogP contribution is 2.19. The molecule has 1 aliphatic rings. The minimum atomic E-state index is -0.980. The quantitative estimate of drug-likeness (QED) is 0.865. The van der Waals surface area contributed by atoms with Gasteiger partial charge in [0, 0.05) is 18.4 Å². The van der Waals surface area contributed by atoms with Crippen LogP contribution in [0.4, 0.5) is 14.5 Å². The summed E-state index contributed by atoms with van der Waals surface area (Å²) in [7, 11) is 0. The molecule has 0 saturated carbocycles. The lowest BCUT2D eigenvalue weighted by atomic mass is 10.1. The fraction of sp³-hybridized carbons (Fsp3) is 0.211. The molecule has 0 spiro atoms. The topological polar surface area (TPSA) is 78.5 Å². The van der Waals surface area contributed by atoms with Gasteiger partial charge in [0.2, 0.25) is 11.8 Å². The van der Waals surface area contributed by atoms with Crippen molar-refractivity contribution in [2.45, 2.75) is 25.8 Å². The van der Waals surface area contributed by atoms with Crippen molar-refractivity contribution in [1.29, 1.82) is 0 Å². The van der Waals surface area contributed by atoms with Gasteiger partial charge in [0.05, 0.1) is 11.7 Å². The number of hydrogen-bond donors (Lipinski definition) is 2. The number of hydrogen-bond acceptors (Lipinski definition) is 3. The monoisotopic (exact) mass is 373 g/mol. The molecule has 1 atom stereocenters. The number of rotatable bonds is 4. The fourth-order valence-corrected chi connectivity index (χ4v) is 2.69. The van der Waals surface area contributed by atoms with E-state index in [0.29, 0.717) is 16.8 Å². The van der Waals surface area contributed by atoms with Gasteiger partial charge in [0.25, 0.3) is 5.91 Å². The predicted octanol–water partition coefficient (Wildman–Crippen LogP) is 2.61. The van der Waals surface area contributed by atoms with Gasteiger partial charge in [0.15, 0.2) is 11.6 Å². The van der Waals surface area contributed by atoms with Gasteiger partial charge < -0.3 is 5.32 Å². The van der Waals surface area contributed by atoms with Crippen LogP contribution < -0.4 is 15.8 Å². The minimum Gasteiger partial charge on any atom is -0.346 e. The maximum atomic E-state index is 13.3. The van der Waals surface area contributed by atoms with E-state index in [1.165, 1.54) is 18.2 Å². The summed E-state index contributed by atoms with van der Waals surface area (Å²) in [6.45, 7) is 1.65. The summed E-state index contributed by atoms with van der Waals surface area (Å²) >= 11 is 0. The second-order valence-corrected chi connectivity index (χ2v) is 6.18. The Labute approximate surface area is 154 Å². The average Bonchev–Trinajstić information content (AvgIpc) is 2.66. The van der Waals surface area contributed by atoms with E-state index in [-0.39, 0.29) is 24.7 Å². The van der Waals surface area contributed by atoms with Crippen molar-refractivity contribution < 1.29 is 23.2 Å². The third-order valence-electron chi connectivity index (χ3n) is 4.23. The van der Waals surface area contributed by atoms with Crippen molar-refractivity contribution in [2.24, 2.45) is 0 Å². The minimum absolute atomic E-state index is 0.125. The number of hydrazine groups is 1. The first-order valence-electron chi connectivity index (χ1n) is 8.33. The molecule has 0 aliphatic carbocycles. The Hall–Kier alpha value is -3.29. The number of carbonyl (C=O) groups is 3. The lowest BCUT2D eigenvalue weighted by Gasteiger charge is -2.27. The maximum absolute atomic E-state index is 13.3. The Morgan fingerprint density at radius 3 is 2.44 bits per heavy atom. The van der Waals surface area contributed by atoms with E-state index in [9.17, 15) is 23.2 Å². The normalized spacial score (nSPS) is 15.3. The lowest BCUT2D eigenvalue weighted by molar-refractivity contribution is -0.130. The first-order chi connectivity index (χ1) is 12.8. The highest BCUT2D eigenvalue weighted by Gasteiger charge is 2.24. The van der Waals surface area contributed by atoms with Crippen LogP contribution in [-0.4, -0.2) is 17.7 Å². The van der Waals surface area contributed by atoms with Gasteiger partial charge in [-0.2, -0.15) is 0 Å². The Bertz CT molecular complexity index is 900.